The maximum atomic E-state index is 5.93. The van der Waals surface area contributed by atoms with Crippen molar-refractivity contribution >= 4 is 69.0 Å². The standard InChI is InChI=1S/C63H46N4P/c1-8-22-44(23-9-1)59-52-36-37-53(64-52)60(45-24-10-2-11-25-45)55-40-41-57(66-55)62(47-28-14-4-15-29-47)63-48(42-58(67-63)61(46-26-12-3-13-27-46)56-39-38-54(59)65-56)43-68(49-30-16-5-17-31-49,50-32-18-6-19-33-50)51-34-20-7-21-35-51/h1-42,65-66H,43H2/q+1. The number of H-pyrrole nitrogens is 2. The van der Waals surface area contributed by atoms with Gasteiger partial charge in [-0.3, -0.25) is 0 Å². The summed E-state index contributed by atoms with van der Waals surface area (Å²) in [6.45, 7) is 0. The van der Waals surface area contributed by atoms with Gasteiger partial charge in [0.05, 0.1) is 22.8 Å². The van der Waals surface area contributed by atoms with Crippen molar-refractivity contribution in [3.05, 3.63) is 259 Å². The number of hydrogen-bond donors (Lipinski definition) is 2. The van der Waals surface area contributed by atoms with Crippen molar-refractivity contribution in [1.29, 1.82) is 0 Å². The van der Waals surface area contributed by atoms with E-state index in [9.17, 15) is 0 Å². The summed E-state index contributed by atoms with van der Waals surface area (Å²) in [6.07, 6.45) is 7.45. The molecule has 0 atom stereocenters. The number of benzene rings is 7. The molecule has 12 rings (SSSR count). The molecule has 5 heterocycles. The summed E-state index contributed by atoms with van der Waals surface area (Å²) in [5.74, 6) is 0. The molecule has 7 aromatic carbocycles. The molecule has 2 aliphatic heterocycles. The number of fused-ring (bicyclic) bond motifs is 8. The maximum absolute atomic E-state index is 5.93. The minimum absolute atomic E-state index is 0.739. The molecule has 0 radical (unpaired) electrons. The molecular formula is C63H46N4P+. The summed E-state index contributed by atoms with van der Waals surface area (Å²) < 4.78 is 0. The Kier molecular flexibility index (Phi) is 10.7. The summed E-state index contributed by atoms with van der Waals surface area (Å²) in [7, 11) is -2.40. The van der Waals surface area contributed by atoms with Crippen LogP contribution in [-0.2, 0) is 0 Å². The van der Waals surface area contributed by atoms with Gasteiger partial charge in [0.1, 0.15) is 29.3 Å². The highest BCUT2D eigenvalue weighted by molar-refractivity contribution is 7.96. The number of nitrogens with zero attached hydrogens (tertiary/aromatic N) is 2. The van der Waals surface area contributed by atoms with Crippen molar-refractivity contribution in [3.8, 4) is 44.5 Å². The van der Waals surface area contributed by atoms with Gasteiger partial charge in [0.25, 0.3) is 0 Å². The molecule has 3 aromatic heterocycles. The number of nitrogens with one attached hydrogen (secondary N) is 2. The maximum Gasteiger partial charge on any atom is 0.116 e. The summed E-state index contributed by atoms with van der Waals surface area (Å²) in [5.41, 5.74) is 17.2. The second-order valence-corrected chi connectivity index (χ2v) is 20.7. The van der Waals surface area contributed by atoms with Crippen molar-refractivity contribution in [2.45, 2.75) is 0 Å². The third-order valence-corrected chi connectivity index (χ3v) is 17.5. The molecule has 0 fully saturated rings. The zero-order valence-electron chi connectivity index (χ0n) is 37.3. The van der Waals surface area contributed by atoms with Crippen LogP contribution in [0.1, 0.15) is 22.8 Å². The van der Waals surface area contributed by atoms with Crippen LogP contribution >= 0.6 is 7.26 Å². The molecule has 0 saturated heterocycles. The molecule has 5 heteroatoms. The predicted molar refractivity (Wildman–Crippen MR) is 290 cm³/mol. The summed E-state index contributed by atoms with van der Waals surface area (Å²) in [4.78, 5) is 19.4. The van der Waals surface area contributed by atoms with Gasteiger partial charge in [-0.2, -0.15) is 0 Å². The highest BCUT2D eigenvalue weighted by Gasteiger charge is 2.47. The van der Waals surface area contributed by atoms with Gasteiger partial charge in [-0.25, -0.2) is 9.97 Å². The lowest BCUT2D eigenvalue weighted by molar-refractivity contribution is 1.30. The first-order chi connectivity index (χ1) is 33.7. The Hall–Kier alpha value is -8.43. The van der Waals surface area contributed by atoms with Gasteiger partial charge in [-0.05, 0) is 101 Å². The van der Waals surface area contributed by atoms with Crippen molar-refractivity contribution < 1.29 is 0 Å². The Morgan fingerprint density at radius 2 is 0.618 bits per heavy atom. The third-order valence-electron chi connectivity index (χ3n) is 13.2. The minimum atomic E-state index is -2.40. The van der Waals surface area contributed by atoms with Crippen LogP contribution in [-0.4, -0.2) is 26.1 Å². The smallest absolute Gasteiger partial charge is 0.116 e. The van der Waals surface area contributed by atoms with Crippen LogP contribution in [0.15, 0.2) is 237 Å². The van der Waals surface area contributed by atoms with Crippen LogP contribution in [0.3, 0.4) is 0 Å². The molecule has 68 heavy (non-hydrogen) atoms. The van der Waals surface area contributed by atoms with E-state index in [-0.39, 0.29) is 0 Å². The van der Waals surface area contributed by atoms with Crippen LogP contribution < -0.4 is 15.9 Å². The van der Waals surface area contributed by atoms with Crippen LogP contribution in [0.5, 0.6) is 0 Å². The Labute approximate surface area is 397 Å². The van der Waals surface area contributed by atoms with E-state index in [0.717, 1.165) is 95.5 Å². The lowest BCUT2D eigenvalue weighted by Crippen LogP contribution is -2.33. The first-order valence-electron chi connectivity index (χ1n) is 23.2. The minimum Gasteiger partial charge on any atom is -0.354 e. The van der Waals surface area contributed by atoms with Crippen molar-refractivity contribution in [1.82, 2.24) is 19.9 Å². The largest absolute Gasteiger partial charge is 0.354 e. The van der Waals surface area contributed by atoms with Crippen LogP contribution in [0.4, 0.5) is 0 Å². The first kappa shape index (κ1) is 41.0. The van der Waals surface area contributed by atoms with E-state index in [2.05, 4.69) is 265 Å². The van der Waals surface area contributed by atoms with Crippen molar-refractivity contribution in [2.24, 2.45) is 0 Å². The number of hydrogen-bond acceptors (Lipinski definition) is 2. The van der Waals surface area contributed by atoms with Gasteiger partial charge in [-0.1, -0.05) is 176 Å². The van der Waals surface area contributed by atoms with Gasteiger partial charge in [0, 0.05) is 49.9 Å². The normalized spacial score (nSPS) is 12.2. The van der Waals surface area contributed by atoms with Gasteiger partial charge in [0.15, 0.2) is 0 Å². The molecule has 0 saturated carbocycles. The summed E-state index contributed by atoms with van der Waals surface area (Å²) in [5, 5.41) is 3.96. The summed E-state index contributed by atoms with van der Waals surface area (Å²) in [6, 6.07) is 85.1. The first-order valence-corrected chi connectivity index (χ1v) is 25.1. The topological polar surface area (TPSA) is 57.4 Å². The third kappa shape index (κ3) is 7.42. The number of aromatic amines is 2. The highest BCUT2D eigenvalue weighted by Crippen LogP contribution is 2.59. The molecular weight excluding hydrogens is 844 g/mol. The molecule has 4 nitrogen and oxygen atoms in total. The fourth-order valence-corrected chi connectivity index (χ4v) is 14.4. The Bertz CT molecular complexity index is 3560. The van der Waals surface area contributed by atoms with Gasteiger partial charge >= 0.3 is 0 Å². The Balaban J connectivity index is 1.26. The van der Waals surface area contributed by atoms with E-state index in [0.29, 0.717) is 0 Å². The monoisotopic (exact) mass is 889 g/mol. The molecule has 10 aromatic rings. The zero-order valence-corrected chi connectivity index (χ0v) is 38.2. The quantitative estimate of drug-likeness (QED) is 0.142. The SMILES string of the molecule is C1=Cc2nc1c(-c1ccccc1)c1ccc([nH]1)c(-c1ccccc1)c1nc(c(-c3ccccc3)c3ccc([nH]3)c2-c2ccccc2)C(C[P+](c2ccccc2)(c2ccccc2)c2ccccc2)=C1. The zero-order chi connectivity index (χ0) is 45.3. The molecule has 0 aliphatic carbocycles. The number of rotatable bonds is 9. The average Bonchev–Trinajstić information content (AvgIpc) is 4.26. The Morgan fingerprint density at radius 1 is 0.309 bits per heavy atom. The average molecular weight is 890 g/mol. The molecule has 0 amide bonds. The van der Waals surface area contributed by atoms with Crippen molar-refractivity contribution in [3.63, 3.8) is 0 Å². The van der Waals surface area contributed by atoms with E-state index in [1.54, 1.807) is 0 Å². The predicted octanol–water partition coefficient (Wildman–Crippen LogP) is 14.7. The van der Waals surface area contributed by atoms with E-state index in [4.69, 9.17) is 9.97 Å². The van der Waals surface area contributed by atoms with Crippen LogP contribution in [0.2, 0.25) is 0 Å². The molecule has 2 aliphatic rings. The fraction of sp³-hybridized carbons (Fsp3) is 0.0159. The van der Waals surface area contributed by atoms with Crippen LogP contribution in [0, 0.1) is 0 Å². The number of aromatic nitrogens is 4. The van der Waals surface area contributed by atoms with E-state index in [1.807, 2.05) is 0 Å². The van der Waals surface area contributed by atoms with Gasteiger partial charge in [0.2, 0.25) is 0 Å². The van der Waals surface area contributed by atoms with E-state index in [1.165, 1.54) is 21.5 Å². The second-order valence-electron chi connectivity index (χ2n) is 17.2. The fourth-order valence-electron chi connectivity index (χ4n) is 10.1. The van der Waals surface area contributed by atoms with E-state index >= 15 is 0 Å². The molecule has 2 N–H and O–H groups in total. The van der Waals surface area contributed by atoms with Gasteiger partial charge < -0.3 is 9.97 Å². The highest BCUT2D eigenvalue weighted by atomic mass is 31.2. The molecule has 322 valence electrons. The van der Waals surface area contributed by atoms with Crippen molar-refractivity contribution in [2.75, 3.05) is 6.16 Å². The summed E-state index contributed by atoms with van der Waals surface area (Å²) >= 11 is 0. The second kappa shape index (κ2) is 17.8. The van der Waals surface area contributed by atoms with Gasteiger partial charge in [-0.15, -0.1) is 0 Å². The van der Waals surface area contributed by atoms with E-state index < -0.39 is 7.26 Å². The lowest BCUT2D eigenvalue weighted by Gasteiger charge is -2.28. The van der Waals surface area contributed by atoms with Crippen LogP contribution in [0.25, 0.3) is 90.4 Å². The molecule has 0 spiro atoms. The molecule has 0 unspecified atom stereocenters. The molecule has 8 bridgehead atoms. The number of allylic oxidation sites excluding steroid dienone is 1. The lowest BCUT2D eigenvalue weighted by atomic mass is 10.0. The Morgan fingerprint density at radius 3 is 0.985 bits per heavy atom.